The molecule has 2 saturated carbocycles. The zero-order chi connectivity index (χ0) is 30.5. The molecule has 0 spiro atoms. The maximum atomic E-state index is 14.0. The summed E-state index contributed by atoms with van der Waals surface area (Å²) in [4.78, 5) is 78.2. The van der Waals surface area contributed by atoms with E-state index in [0.717, 1.165) is 12.8 Å². The van der Waals surface area contributed by atoms with Crippen LogP contribution in [0.4, 0.5) is 4.79 Å². The average Bonchev–Trinajstić information content (AvgIpc) is 3.67. The number of nitrogens with zero attached hydrogens (tertiary/aromatic N) is 1. The highest BCUT2D eigenvalue weighted by atomic mass is 16.4. The van der Waals surface area contributed by atoms with Gasteiger partial charge in [-0.2, -0.15) is 0 Å². The molecule has 0 aromatic carbocycles. The standard InChI is InChI=1S/C28H45N5O7/c1-13(2)28(8,24(38)39)32-25(40)31-20(26(3,4)5)23(37)33-12-15-17(27(15,6)7)18(33)22(36)30-16(11-14-9-10-14)19(34)21(29)35/h13-18,20H,9-12H2,1-8H3,(H2,29,35)(H,30,36)(H,38,39)(H2,31,32,40)/t15-,16?,17-,18-,20+,28-/m0/s1. The highest BCUT2D eigenvalue weighted by Gasteiger charge is 2.70. The predicted molar refractivity (Wildman–Crippen MR) is 146 cm³/mol. The summed E-state index contributed by atoms with van der Waals surface area (Å²) in [6, 6.07) is -3.84. The number of nitrogens with one attached hydrogen (secondary N) is 3. The molecule has 2 aliphatic carbocycles. The molecule has 1 aliphatic heterocycles. The molecule has 6 N–H and O–H groups in total. The Morgan fingerprint density at radius 3 is 2.05 bits per heavy atom. The van der Waals surface area contributed by atoms with Crippen molar-refractivity contribution in [1.29, 1.82) is 0 Å². The summed E-state index contributed by atoms with van der Waals surface area (Å²) in [5.41, 5.74) is 2.68. The third-order valence-corrected chi connectivity index (χ3v) is 9.26. The van der Waals surface area contributed by atoms with Gasteiger partial charge in [0.15, 0.2) is 0 Å². The number of urea groups is 1. The molecule has 224 valence electrons. The first-order valence-electron chi connectivity index (χ1n) is 14.0. The lowest BCUT2D eigenvalue weighted by molar-refractivity contribution is -0.145. The van der Waals surface area contributed by atoms with Crippen molar-refractivity contribution >= 4 is 35.5 Å². The molecular formula is C28H45N5O7. The van der Waals surface area contributed by atoms with Crippen LogP contribution >= 0.6 is 0 Å². The molecule has 6 atom stereocenters. The van der Waals surface area contributed by atoms with Gasteiger partial charge in [-0.15, -0.1) is 0 Å². The zero-order valence-corrected chi connectivity index (χ0v) is 24.8. The lowest BCUT2D eigenvalue weighted by atomic mass is 9.85. The van der Waals surface area contributed by atoms with Crippen molar-refractivity contribution in [2.24, 2.45) is 40.2 Å². The van der Waals surface area contributed by atoms with Crippen molar-refractivity contribution in [3.8, 4) is 0 Å². The summed E-state index contributed by atoms with van der Waals surface area (Å²) in [6.07, 6.45) is 2.13. The largest absolute Gasteiger partial charge is 0.480 e. The molecule has 40 heavy (non-hydrogen) atoms. The van der Waals surface area contributed by atoms with Gasteiger partial charge in [-0.3, -0.25) is 19.2 Å². The van der Waals surface area contributed by atoms with Crippen LogP contribution < -0.4 is 21.7 Å². The van der Waals surface area contributed by atoms with E-state index in [2.05, 4.69) is 16.0 Å². The minimum absolute atomic E-state index is 0.0478. The fourth-order valence-electron chi connectivity index (χ4n) is 5.82. The molecule has 1 heterocycles. The lowest BCUT2D eigenvalue weighted by Crippen LogP contribution is -2.64. The summed E-state index contributed by atoms with van der Waals surface area (Å²) in [5, 5.41) is 17.6. The maximum absolute atomic E-state index is 14.0. The van der Waals surface area contributed by atoms with Gasteiger partial charge in [0.1, 0.15) is 17.6 Å². The Balaban J connectivity index is 1.84. The Labute approximate surface area is 235 Å². The molecule has 3 rings (SSSR count). The van der Waals surface area contributed by atoms with Crippen molar-refractivity contribution in [2.45, 2.75) is 98.3 Å². The van der Waals surface area contributed by atoms with E-state index in [4.69, 9.17) is 5.73 Å². The van der Waals surface area contributed by atoms with Crippen LogP contribution in [-0.2, 0) is 24.0 Å². The number of nitrogens with two attached hydrogens (primary N) is 1. The number of carboxylic acids is 1. The van der Waals surface area contributed by atoms with E-state index in [0.29, 0.717) is 13.0 Å². The Morgan fingerprint density at radius 1 is 1.02 bits per heavy atom. The van der Waals surface area contributed by atoms with Gasteiger partial charge >= 0.3 is 12.0 Å². The number of carboxylic acid groups (broad SMARTS) is 1. The fraction of sp³-hybridized carbons (Fsp3) is 0.786. The normalized spacial score (nSPS) is 26.1. The van der Waals surface area contributed by atoms with Crippen LogP contribution in [0, 0.1) is 34.5 Å². The van der Waals surface area contributed by atoms with Crippen LogP contribution in [0.25, 0.3) is 0 Å². The number of aliphatic carboxylic acids is 1. The molecule has 12 heteroatoms. The molecule has 0 aromatic rings. The molecule has 5 amide bonds. The number of amides is 5. The average molecular weight is 564 g/mol. The summed E-state index contributed by atoms with van der Waals surface area (Å²) < 4.78 is 0. The molecule has 12 nitrogen and oxygen atoms in total. The van der Waals surface area contributed by atoms with E-state index in [1.165, 1.54) is 11.8 Å². The monoisotopic (exact) mass is 563 g/mol. The minimum Gasteiger partial charge on any atom is -0.480 e. The maximum Gasteiger partial charge on any atom is 0.329 e. The highest BCUT2D eigenvalue weighted by Crippen LogP contribution is 2.65. The van der Waals surface area contributed by atoms with Gasteiger partial charge in [0.25, 0.3) is 5.91 Å². The van der Waals surface area contributed by atoms with Crippen molar-refractivity contribution in [1.82, 2.24) is 20.9 Å². The molecule has 0 radical (unpaired) electrons. The number of piperidine rings is 1. The second-order valence-electron chi connectivity index (χ2n) is 13.9. The van der Waals surface area contributed by atoms with Crippen molar-refractivity contribution in [3.05, 3.63) is 0 Å². The molecule has 0 bridgehead atoms. The van der Waals surface area contributed by atoms with Gasteiger partial charge in [0.05, 0.1) is 6.04 Å². The first-order chi connectivity index (χ1) is 18.2. The van der Waals surface area contributed by atoms with E-state index in [-0.39, 0.29) is 23.2 Å². The van der Waals surface area contributed by atoms with Crippen LogP contribution in [-0.4, -0.2) is 75.7 Å². The Hall–Kier alpha value is -3.18. The van der Waals surface area contributed by atoms with Crippen LogP contribution in [0.5, 0.6) is 0 Å². The summed E-state index contributed by atoms with van der Waals surface area (Å²) in [7, 11) is 0. The second-order valence-corrected chi connectivity index (χ2v) is 13.9. The van der Waals surface area contributed by atoms with Gasteiger partial charge in [-0.05, 0) is 47.8 Å². The molecule has 3 aliphatic rings. The Kier molecular flexibility index (Phi) is 8.36. The number of rotatable bonds is 11. The summed E-state index contributed by atoms with van der Waals surface area (Å²) >= 11 is 0. The third kappa shape index (κ3) is 6.10. The Bertz CT molecular complexity index is 1090. The van der Waals surface area contributed by atoms with Crippen molar-refractivity contribution in [2.75, 3.05) is 6.54 Å². The second kappa shape index (κ2) is 10.7. The number of ketones is 1. The van der Waals surface area contributed by atoms with E-state index in [1.807, 2.05) is 13.8 Å². The van der Waals surface area contributed by atoms with Gasteiger partial charge < -0.3 is 31.7 Å². The van der Waals surface area contributed by atoms with Crippen LogP contribution in [0.2, 0.25) is 0 Å². The first-order valence-corrected chi connectivity index (χ1v) is 14.0. The zero-order valence-electron chi connectivity index (χ0n) is 24.8. The number of primary amides is 1. The number of hydrogen-bond donors (Lipinski definition) is 5. The molecule has 3 fully saturated rings. The van der Waals surface area contributed by atoms with Crippen molar-refractivity contribution in [3.63, 3.8) is 0 Å². The number of likely N-dealkylation sites (tertiary alicyclic amines) is 1. The van der Waals surface area contributed by atoms with E-state index in [9.17, 15) is 33.9 Å². The molecular weight excluding hydrogens is 518 g/mol. The molecule has 1 saturated heterocycles. The Morgan fingerprint density at radius 2 is 1.60 bits per heavy atom. The van der Waals surface area contributed by atoms with Gasteiger partial charge in [0.2, 0.25) is 17.6 Å². The van der Waals surface area contributed by atoms with Gasteiger partial charge in [-0.25, -0.2) is 9.59 Å². The van der Waals surface area contributed by atoms with Crippen molar-refractivity contribution < 1.29 is 33.9 Å². The topological polar surface area (TPSA) is 188 Å². The molecule has 0 aromatic heterocycles. The number of hydrogen-bond acceptors (Lipinski definition) is 6. The summed E-state index contributed by atoms with van der Waals surface area (Å²) in [6.45, 7) is 14.4. The fourth-order valence-corrected chi connectivity index (χ4v) is 5.82. The third-order valence-electron chi connectivity index (χ3n) is 9.26. The van der Waals surface area contributed by atoms with E-state index < -0.39 is 70.5 Å². The van der Waals surface area contributed by atoms with Crippen LogP contribution in [0.15, 0.2) is 0 Å². The number of carbonyl (C=O) groups excluding carboxylic acids is 5. The smallest absolute Gasteiger partial charge is 0.329 e. The first kappa shape index (κ1) is 31.3. The number of carbonyl (C=O) groups is 6. The van der Waals surface area contributed by atoms with Gasteiger partial charge in [-0.1, -0.05) is 61.3 Å². The van der Waals surface area contributed by atoms with Crippen LogP contribution in [0.1, 0.15) is 74.7 Å². The minimum atomic E-state index is -1.57. The number of Topliss-reactive ketones (excluding diaryl/α,β-unsaturated/α-hetero) is 1. The summed E-state index contributed by atoms with van der Waals surface area (Å²) in [5.74, 6) is -4.51. The SMILES string of the molecule is CC(C)[C@](C)(NC(=O)N[C@H](C(=O)N1C[C@H]2[C@@H]([C@H]1C(=O)NC(CC1CC1)C(=O)C(N)=O)C2(C)C)C(C)(C)C)C(=O)O. The lowest BCUT2D eigenvalue weighted by Gasteiger charge is -2.38. The van der Waals surface area contributed by atoms with E-state index >= 15 is 0 Å². The molecule has 1 unspecified atom stereocenters. The quantitative estimate of drug-likeness (QED) is 0.232. The van der Waals surface area contributed by atoms with Gasteiger partial charge in [0, 0.05) is 6.54 Å². The number of fused-ring (bicyclic) bond motifs is 1. The predicted octanol–water partition coefficient (Wildman–Crippen LogP) is 1.02. The van der Waals surface area contributed by atoms with Crippen LogP contribution in [0.3, 0.4) is 0 Å². The highest BCUT2D eigenvalue weighted by molar-refractivity contribution is 6.37. The van der Waals surface area contributed by atoms with E-state index in [1.54, 1.807) is 34.6 Å².